The molecule has 7 heteroatoms. The van der Waals surface area contributed by atoms with Gasteiger partial charge in [-0.3, -0.25) is 9.59 Å². The molecular formula is C15H11F3N2O2. The number of benzene rings is 2. The highest BCUT2D eigenvalue weighted by molar-refractivity contribution is 6.04. The van der Waals surface area contributed by atoms with Gasteiger partial charge >= 0.3 is 0 Å². The number of hydrogen-bond acceptors (Lipinski definition) is 2. The highest BCUT2D eigenvalue weighted by atomic mass is 19.2. The van der Waals surface area contributed by atoms with Gasteiger partial charge < -0.3 is 10.6 Å². The minimum atomic E-state index is -1.71. The Bertz CT molecular complexity index is 748. The van der Waals surface area contributed by atoms with Crippen molar-refractivity contribution in [2.75, 3.05) is 10.6 Å². The molecule has 0 radical (unpaired) electrons. The molecule has 0 aliphatic heterocycles. The molecular weight excluding hydrogens is 297 g/mol. The molecule has 0 unspecified atom stereocenters. The molecule has 2 aromatic carbocycles. The second kappa shape index (κ2) is 6.30. The Balaban J connectivity index is 2.22. The van der Waals surface area contributed by atoms with Crippen LogP contribution in [-0.2, 0) is 4.79 Å². The second-order valence-electron chi connectivity index (χ2n) is 4.44. The molecule has 0 saturated heterocycles. The van der Waals surface area contributed by atoms with Crippen LogP contribution in [0.5, 0.6) is 0 Å². The first-order valence-electron chi connectivity index (χ1n) is 6.21. The standard InChI is InChI=1S/C15H11F3N2O2/c1-8(21)19-9-3-2-4-10(7-9)20-15(22)11-5-6-12(16)14(18)13(11)17/h2-7H,1H3,(H,19,21)(H,20,22). The van der Waals surface area contributed by atoms with Crippen LogP contribution in [0.3, 0.4) is 0 Å². The predicted molar refractivity (Wildman–Crippen MR) is 75.0 cm³/mol. The largest absolute Gasteiger partial charge is 0.326 e. The second-order valence-corrected chi connectivity index (χ2v) is 4.44. The first kappa shape index (κ1) is 15.6. The van der Waals surface area contributed by atoms with Crippen LogP contribution >= 0.6 is 0 Å². The lowest BCUT2D eigenvalue weighted by atomic mass is 10.1. The van der Waals surface area contributed by atoms with Crippen LogP contribution in [0.4, 0.5) is 24.5 Å². The van der Waals surface area contributed by atoms with Crippen molar-refractivity contribution in [3.8, 4) is 0 Å². The van der Waals surface area contributed by atoms with E-state index in [1.54, 1.807) is 12.1 Å². The highest BCUT2D eigenvalue weighted by Gasteiger charge is 2.18. The fourth-order valence-corrected chi connectivity index (χ4v) is 1.78. The predicted octanol–water partition coefficient (Wildman–Crippen LogP) is 3.31. The van der Waals surface area contributed by atoms with Crippen LogP contribution in [0.1, 0.15) is 17.3 Å². The van der Waals surface area contributed by atoms with Crippen LogP contribution in [0.15, 0.2) is 36.4 Å². The molecule has 0 fully saturated rings. The molecule has 2 N–H and O–H groups in total. The van der Waals surface area contributed by atoms with Gasteiger partial charge in [-0.15, -0.1) is 0 Å². The van der Waals surface area contributed by atoms with E-state index in [2.05, 4.69) is 10.6 Å². The zero-order chi connectivity index (χ0) is 16.3. The number of nitrogens with one attached hydrogen (secondary N) is 2. The molecule has 0 spiro atoms. The van der Waals surface area contributed by atoms with E-state index in [0.29, 0.717) is 11.8 Å². The van der Waals surface area contributed by atoms with Crippen molar-refractivity contribution in [1.82, 2.24) is 0 Å². The summed E-state index contributed by atoms with van der Waals surface area (Å²) in [7, 11) is 0. The Kier molecular flexibility index (Phi) is 4.45. The monoisotopic (exact) mass is 308 g/mol. The Morgan fingerprint density at radius 3 is 2.18 bits per heavy atom. The Hall–Kier alpha value is -2.83. The minimum Gasteiger partial charge on any atom is -0.326 e. The van der Waals surface area contributed by atoms with E-state index < -0.39 is 28.9 Å². The molecule has 0 aliphatic rings. The maximum atomic E-state index is 13.5. The molecule has 0 atom stereocenters. The molecule has 22 heavy (non-hydrogen) atoms. The number of rotatable bonds is 3. The summed E-state index contributed by atoms with van der Waals surface area (Å²) in [5.74, 6) is -5.87. The molecule has 0 saturated carbocycles. The number of halogens is 3. The summed E-state index contributed by atoms with van der Waals surface area (Å²) >= 11 is 0. The number of carbonyl (C=O) groups excluding carboxylic acids is 2. The first-order valence-corrected chi connectivity index (χ1v) is 6.21. The lowest BCUT2D eigenvalue weighted by Crippen LogP contribution is -2.15. The number of amides is 2. The van der Waals surface area contributed by atoms with Gasteiger partial charge in [-0.25, -0.2) is 13.2 Å². The van der Waals surface area contributed by atoms with Crippen LogP contribution in [0, 0.1) is 17.5 Å². The van der Waals surface area contributed by atoms with Gasteiger partial charge in [-0.05, 0) is 30.3 Å². The van der Waals surface area contributed by atoms with Gasteiger partial charge in [0.1, 0.15) is 0 Å². The molecule has 0 bridgehead atoms. The van der Waals surface area contributed by atoms with E-state index in [4.69, 9.17) is 0 Å². The van der Waals surface area contributed by atoms with Gasteiger partial charge in [-0.2, -0.15) is 0 Å². The van der Waals surface area contributed by atoms with E-state index in [-0.39, 0.29) is 11.6 Å². The maximum Gasteiger partial charge on any atom is 0.258 e. The summed E-state index contributed by atoms with van der Waals surface area (Å²) < 4.78 is 39.5. The van der Waals surface area contributed by atoms with Crippen molar-refractivity contribution in [3.63, 3.8) is 0 Å². The van der Waals surface area contributed by atoms with Crippen LogP contribution < -0.4 is 10.6 Å². The molecule has 2 amide bonds. The number of carbonyl (C=O) groups is 2. The zero-order valence-electron chi connectivity index (χ0n) is 11.4. The topological polar surface area (TPSA) is 58.2 Å². The minimum absolute atomic E-state index is 0.264. The Labute approximate surface area is 124 Å². The lowest BCUT2D eigenvalue weighted by Gasteiger charge is -2.09. The van der Waals surface area contributed by atoms with Gasteiger partial charge in [0.2, 0.25) is 5.91 Å². The van der Waals surface area contributed by atoms with Crippen molar-refractivity contribution in [2.24, 2.45) is 0 Å². The number of hydrogen-bond donors (Lipinski definition) is 2. The van der Waals surface area contributed by atoms with E-state index in [0.717, 1.165) is 6.07 Å². The van der Waals surface area contributed by atoms with Crippen molar-refractivity contribution in [3.05, 3.63) is 59.4 Å². The lowest BCUT2D eigenvalue weighted by molar-refractivity contribution is -0.114. The molecule has 0 aliphatic carbocycles. The van der Waals surface area contributed by atoms with Gasteiger partial charge in [0.15, 0.2) is 17.5 Å². The molecule has 114 valence electrons. The van der Waals surface area contributed by atoms with Gasteiger partial charge in [0.25, 0.3) is 5.91 Å². The SMILES string of the molecule is CC(=O)Nc1cccc(NC(=O)c2ccc(F)c(F)c2F)c1. The Morgan fingerprint density at radius 1 is 0.909 bits per heavy atom. The quantitative estimate of drug-likeness (QED) is 0.855. The average Bonchev–Trinajstić information content (AvgIpc) is 2.44. The molecule has 2 rings (SSSR count). The summed E-state index contributed by atoms with van der Waals surface area (Å²) in [6, 6.07) is 7.61. The third kappa shape index (κ3) is 3.43. The summed E-state index contributed by atoms with van der Waals surface area (Å²) in [4.78, 5) is 22.9. The van der Waals surface area contributed by atoms with Gasteiger partial charge in [0, 0.05) is 18.3 Å². The van der Waals surface area contributed by atoms with Crippen LogP contribution in [0.2, 0.25) is 0 Å². The van der Waals surface area contributed by atoms with Crippen molar-refractivity contribution >= 4 is 23.2 Å². The Morgan fingerprint density at radius 2 is 1.55 bits per heavy atom. The zero-order valence-corrected chi connectivity index (χ0v) is 11.4. The third-order valence-corrected chi connectivity index (χ3v) is 2.72. The summed E-state index contributed by atoms with van der Waals surface area (Å²) in [5, 5.41) is 4.85. The highest BCUT2D eigenvalue weighted by Crippen LogP contribution is 2.19. The summed E-state index contributed by atoms with van der Waals surface area (Å²) in [6.07, 6.45) is 0. The van der Waals surface area contributed by atoms with Crippen molar-refractivity contribution in [2.45, 2.75) is 6.92 Å². The van der Waals surface area contributed by atoms with Gasteiger partial charge in [0.05, 0.1) is 5.56 Å². The van der Waals surface area contributed by atoms with Crippen LogP contribution in [-0.4, -0.2) is 11.8 Å². The van der Waals surface area contributed by atoms with Crippen molar-refractivity contribution in [1.29, 1.82) is 0 Å². The summed E-state index contributed by atoms with van der Waals surface area (Å²) in [6.45, 7) is 1.32. The third-order valence-electron chi connectivity index (χ3n) is 2.72. The number of anilines is 2. The van der Waals surface area contributed by atoms with Gasteiger partial charge in [-0.1, -0.05) is 6.07 Å². The smallest absolute Gasteiger partial charge is 0.258 e. The molecule has 0 heterocycles. The molecule has 4 nitrogen and oxygen atoms in total. The van der Waals surface area contributed by atoms with E-state index in [1.165, 1.54) is 19.1 Å². The first-order chi connectivity index (χ1) is 10.4. The van der Waals surface area contributed by atoms with E-state index >= 15 is 0 Å². The van der Waals surface area contributed by atoms with E-state index in [9.17, 15) is 22.8 Å². The van der Waals surface area contributed by atoms with E-state index in [1.807, 2.05) is 0 Å². The van der Waals surface area contributed by atoms with Crippen LogP contribution in [0.25, 0.3) is 0 Å². The molecule has 0 aromatic heterocycles. The molecule has 2 aromatic rings. The average molecular weight is 308 g/mol. The normalized spacial score (nSPS) is 10.2. The fraction of sp³-hybridized carbons (Fsp3) is 0.0667. The summed E-state index contributed by atoms with van der Waals surface area (Å²) in [5.41, 5.74) is 0.0697. The fourth-order valence-electron chi connectivity index (χ4n) is 1.78. The maximum absolute atomic E-state index is 13.5. The van der Waals surface area contributed by atoms with Crippen molar-refractivity contribution < 1.29 is 22.8 Å².